The van der Waals surface area contributed by atoms with Gasteiger partial charge in [-0.15, -0.1) is 0 Å². The van der Waals surface area contributed by atoms with Gasteiger partial charge in [0.05, 0.1) is 16.6 Å². The van der Waals surface area contributed by atoms with Crippen LogP contribution in [0.4, 0.5) is 20.4 Å². The highest BCUT2D eigenvalue weighted by molar-refractivity contribution is 5.90. The number of halogens is 2. The fourth-order valence-corrected chi connectivity index (χ4v) is 2.94. The molecule has 4 rings (SSSR count). The number of nitriles is 1. The zero-order valence-corrected chi connectivity index (χ0v) is 15.7. The number of hydrogen-bond donors (Lipinski definition) is 2. The summed E-state index contributed by atoms with van der Waals surface area (Å²) in [4.78, 5) is 13.0. The quantitative estimate of drug-likeness (QED) is 0.466. The summed E-state index contributed by atoms with van der Waals surface area (Å²) in [5.74, 6) is 0.00408. The average molecular weight is 402 g/mol. The van der Waals surface area contributed by atoms with Gasteiger partial charge in [-0.3, -0.25) is 0 Å². The van der Waals surface area contributed by atoms with E-state index in [4.69, 9.17) is 5.26 Å². The Morgan fingerprint density at radius 3 is 2.53 bits per heavy atom. The standard InChI is InChI=1S/C22H16F2N6/c23-15-6-7-16(18(24)11-15)22-29-19-4-2-1-3-17(19)21(30-22)27-10-9-26-20-8-5-14(12-25)13-28-20/h1-8,11,13H,9-10H2,(H,26,28)(H,27,29,30). The first kappa shape index (κ1) is 19.2. The predicted molar refractivity (Wildman–Crippen MR) is 111 cm³/mol. The number of fused-ring (bicyclic) bond motifs is 1. The molecule has 0 aliphatic heterocycles. The molecule has 8 heteroatoms. The first-order chi connectivity index (χ1) is 14.6. The molecule has 0 spiro atoms. The molecule has 148 valence electrons. The lowest BCUT2D eigenvalue weighted by Gasteiger charge is -2.12. The van der Waals surface area contributed by atoms with Crippen molar-refractivity contribution in [2.75, 3.05) is 23.7 Å². The maximum atomic E-state index is 14.2. The molecular formula is C22H16F2N6. The van der Waals surface area contributed by atoms with Gasteiger partial charge in [0.1, 0.15) is 29.3 Å². The molecule has 0 radical (unpaired) electrons. The molecule has 6 nitrogen and oxygen atoms in total. The molecule has 2 heterocycles. The lowest BCUT2D eigenvalue weighted by Crippen LogP contribution is -2.15. The third kappa shape index (κ3) is 4.15. The third-order valence-corrected chi connectivity index (χ3v) is 4.39. The Bertz CT molecular complexity index is 1230. The van der Waals surface area contributed by atoms with E-state index in [0.717, 1.165) is 11.5 Å². The van der Waals surface area contributed by atoms with Crippen LogP contribution in [-0.2, 0) is 0 Å². The van der Waals surface area contributed by atoms with Gasteiger partial charge in [-0.1, -0.05) is 12.1 Å². The van der Waals surface area contributed by atoms with Gasteiger partial charge >= 0.3 is 0 Å². The smallest absolute Gasteiger partial charge is 0.165 e. The molecule has 2 aromatic heterocycles. The number of pyridine rings is 1. The summed E-state index contributed by atoms with van der Waals surface area (Å²) in [5, 5.41) is 16.0. The largest absolute Gasteiger partial charge is 0.368 e. The van der Waals surface area contributed by atoms with Gasteiger partial charge in [-0.25, -0.2) is 23.7 Å². The maximum Gasteiger partial charge on any atom is 0.165 e. The molecule has 0 unspecified atom stereocenters. The van der Waals surface area contributed by atoms with Crippen LogP contribution in [0.3, 0.4) is 0 Å². The zero-order chi connectivity index (χ0) is 20.9. The van der Waals surface area contributed by atoms with E-state index in [1.807, 2.05) is 30.3 Å². The fraction of sp³-hybridized carbons (Fsp3) is 0.0909. The Labute approximate surface area is 171 Å². The lowest BCUT2D eigenvalue weighted by atomic mass is 10.1. The monoisotopic (exact) mass is 402 g/mol. The Hall–Kier alpha value is -4.12. The molecular weight excluding hydrogens is 386 g/mol. The Morgan fingerprint density at radius 2 is 1.77 bits per heavy atom. The normalized spacial score (nSPS) is 10.6. The number of rotatable bonds is 6. The van der Waals surface area contributed by atoms with Gasteiger partial charge in [-0.05, 0) is 36.4 Å². The number of hydrogen-bond acceptors (Lipinski definition) is 6. The SMILES string of the molecule is N#Cc1ccc(NCCNc2nc(-c3ccc(F)cc3F)nc3ccccc23)nc1. The van der Waals surface area contributed by atoms with Gasteiger partial charge in [0.2, 0.25) is 0 Å². The molecule has 2 aromatic carbocycles. The molecule has 0 bridgehead atoms. The highest BCUT2D eigenvalue weighted by atomic mass is 19.1. The number of anilines is 2. The van der Waals surface area contributed by atoms with Crippen LogP contribution in [0.25, 0.3) is 22.3 Å². The summed E-state index contributed by atoms with van der Waals surface area (Å²) >= 11 is 0. The Morgan fingerprint density at radius 1 is 0.933 bits per heavy atom. The number of para-hydroxylation sites is 1. The summed E-state index contributed by atoms with van der Waals surface area (Å²) in [5.41, 5.74) is 1.27. The number of nitrogens with one attached hydrogen (secondary N) is 2. The highest BCUT2D eigenvalue weighted by Crippen LogP contribution is 2.26. The van der Waals surface area contributed by atoms with Crippen LogP contribution < -0.4 is 10.6 Å². The van der Waals surface area contributed by atoms with Crippen molar-refractivity contribution in [3.8, 4) is 17.5 Å². The van der Waals surface area contributed by atoms with E-state index in [2.05, 4.69) is 25.6 Å². The van der Waals surface area contributed by atoms with Crippen LogP contribution in [0.2, 0.25) is 0 Å². The van der Waals surface area contributed by atoms with Gasteiger partial charge in [0.25, 0.3) is 0 Å². The number of aromatic nitrogens is 3. The van der Waals surface area contributed by atoms with E-state index < -0.39 is 11.6 Å². The first-order valence-electron chi connectivity index (χ1n) is 9.20. The molecule has 0 fully saturated rings. The van der Waals surface area contributed by atoms with Gasteiger partial charge in [0, 0.05) is 30.7 Å². The van der Waals surface area contributed by atoms with Crippen molar-refractivity contribution >= 4 is 22.5 Å². The second-order valence-corrected chi connectivity index (χ2v) is 6.43. The summed E-state index contributed by atoms with van der Waals surface area (Å²) in [6, 6.07) is 16.1. The maximum absolute atomic E-state index is 14.2. The van der Waals surface area contributed by atoms with Crippen molar-refractivity contribution in [3.63, 3.8) is 0 Å². The van der Waals surface area contributed by atoms with Gasteiger partial charge < -0.3 is 10.6 Å². The van der Waals surface area contributed by atoms with Crippen molar-refractivity contribution in [2.24, 2.45) is 0 Å². The van der Waals surface area contributed by atoms with E-state index >= 15 is 0 Å². The molecule has 0 atom stereocenters. The minimum absolute atomic E-state index is 0.130. The second-order valence-electron chi connectivity index (χ2n) is 6.43. The van der Waals surface area contributed by atoms with E-state index in [1.54, 1.807) is 12.1 Å². The van der Waals surface area contributed by atoms with Crippen LogP contribution in [0, 0.1) is 23.0 Å². The van der Waals surface area contributed by atoms with E-state index in [-0.39, 0.29) is 11.4 Å². The minimum atomic E-state index is -0.718. The molecule has 0 amide bonds. The average Bonchev–Trinajstić information content (AvgIpc) is 2.77. The number of nitrogens with zero attached hydrogens (tertiary/aromatic N) is 4. The third-order valence-electron chi connectivity index (χ3n) is 4.39. The zero-order valence-electron chi connectivity index (χ0n) is 15.7. The Kier molecular flexibility index (Phi) is 5.44. The van der Waals surface area contributed by atoms with E-state index in [0.29, 0.717) is 35.8 Å². The lowest BCUT2D eigenvalue weighted by molar-refractivity contribution is 0.585. The summed E-state index contributed by atoms with van der Waals surface area (Å²) in [6.45, 7) is 1.05. The molecule has 0 aliphatic carbocycles. The topological polar surface area (TPSA) is 86.5 Å². The first-order valence-corrected chi connectivity index (χ1v) is 9.20. The summed E-state index contributed by atoms with van der Waals surface area (Å²) in [7, 11) is 0. The molecule has 0 saturated carbocycles. The van der Waals surface area contributed by atoms with Crippen LogP contribution in [0.15, 0.2) is 60.8 Å². The summed E-state index contributed by atoms with van der Waals surface area (Å²) < 4.78 is 27.5. The molecule has 30 heavy (non-hydrogen) atoms. The minimum Gasteiger partial charge on any atom is -0.368 e. The molecule has 2 N–H and O–H groups in total. The molecule has 0 saturated heterocycles. The van der Waals surface area contributed by atoms with Crippen LogP contribution >= 0.6 is 0 Å². The number of benzene rings is 2. The van der Waals surface area contributed by atoms with Crippen molar-refractivity contribution in [1.82, 2.24) is 15.0 Å². The predicted octanol–water partition coefficient (Wildman–Crippen LogP) is 4.37. The fourth-order valence-electron chi connectivity index (χ4n) is 2.94. The Balaban J connectivity index is 1.54. The van der Waals surface area contributed by atoms with Crippen molar-refractivity contribution in [1.29, 1.82) is 5.26 Å². The van der Waals surface area contributed by atoms with Crippen molar-refractivity contribution < 1.29 is 8.78 Å². The van der Waals surface area contributed by atoms with E-state index in [9.17, 15) is 8.78 Å². The van der Waals surface area contributed by atoms with Gasteiger partial charge in [-0.2, -0.15) is 5.26 Å². The molecule has 0 aliphatic rings. The van der Waals surface area contributed by atoms with Crippen LogP contribution in [0.1, 0.15) is 5.56 Å². The highest BCUT2D eigenvalue weighted by Gasteiger charge is 2.13. The van der Waals surface area contributed by atoms with Crippen molar-refractivity contribution in [2.45, 2.75) is 0 Å². The van der Waals surface area contributed by atoms with Gasteiger partial charge in [0.15, 0.2) is 5.82 Å². The van der Waals surface area contributed by atoms with Crippen LogP contribution in [0.5, 0.6) is 0 Å². The second kappa shape index (κ2) is 8.49. The van der Waals surface area contributed by atoms with Crippen molar-refractivity contribution in [3.05, 3.63) is 78.0 Å². The molecule has 4 aromatic rings. The van der Waals surface area contributed by atoms with Crippen LogP contribution in [-0.4, -0.2) is 28.0 Å². The summed E-state index contributed by atoms with van der Waals surface area (Å²) in [6.07, 6.45) is 1.50. The van der Waals surface area contributed by atoms with E-state index in [1.165, 1.54) is 18.3 Å².